The first-order valence-electron chi connectivity index (χ1n) is 16.5. The Bertz CT molecular complexity index is 2260. The van der Waals surface area contributed by atoms with Gasteiger partial charge in [-0.1, -0.05) is 17.7 Å². The fraction of sp³-hybridized carbons (Fsp3) is 0.394. The molecule has 0 radical (unpaired) electrons. The second-order valence-corrected chi connectivity index (χ2v) is 13.2. The summed E-state index contributed by atoms with van der Waals surface area (Å²) in [5.74, 6) is -1.27. The van der Waals surface area contributed by atoms with Crippen molar-refractivity contribution in [1.82, 2.24) is 44.2 Å². The average molecular weight is 757 g/mol. The molecule has 7 rings (SSSR count). The molecule has 0 unspecified atom stereocenters. The van der Waals surface area contributed by atoms with E-state index in [9.17, 15) is 37.5 Å². The quantitative estimate of drug-likeness (QED) is 0.273. The van der Waals surface area contributed by atoms with E-state index in [1.165, 1.54) is 22.8 Å². The molecule has 20 heteroatoms. The maximum atomic E-state index is 14.3. The van der Waals surface area contributed by atoms with E-state index in [1.807, 2.05) is 0 Å². The average Bonchev–Trinajstić information content (AvgIpc) is 3.75. The molecule has 0 saturated carbocycles. The summed E-state index contributed by atoms with van der Waals surface area (Å²) in [5.41, 5.74) is -1.35. The molecule has 0 bridgehead atoms. The first kappa shape index (κ1) is 35.8. The molecule has 6 heterocycles. The van der Waals surface area contributed by atoms with Gasteiger partial charge in [0.2, 0.25) is 11.7 Å². The van der Waals surface area contributed by atoms with Gasteiger partial charge in [0.15, 0.2) is 17.3 Å². The number of amides is 4. The second-order valence-electron chi connectivity index (χ2n) is 12.8. The van der Waals surface area contributed by atoms with Gasteiger partial charge in [0.05, 0.1) is 39.8 Å². The van der Waals surface area contributed by atoms with Crippen LogP contribution in [0.2, 0.25) is 5.02 Å². The van der Waals surface area contributed by atoms with Crippen molar-refractivity contribution in [3.63, 3.8) is 0 Å². The van der Waals surface area contributed by atoms with Crippen LogP contribution in [0.5, 0.6) is 5.75 Å². The van der Waals surface area contributed by atoms with E-state index in [4.69, 9.17) is 16.3 Å². The third-order valence-corrected chi connectivity index (χ3v) is 10.0. The topological polar surface area (TPSA) is 189 Å². The lowest BCUT2D eigenvalue weighted by Gasteiger charge is -2.38. The summed E-state index contributed by atoms with van der Waals surface area (Å²) in [6.07, 6.45) is -0.899. The minimum absolute atomic E-state index is 0.0231. The number of piperidine rings is 1. The van der Waals surface area contributed by atoms with Gasteiger partial charge in [0.25, 0.3) is 11.5 Å². The number of anilines is 1. The molecule has 3 aliphatic rings. The van der Waals surface area contributed by atoms with Gasteiger partial charge in [-0.2, -0.15) is 22.7 Å². The highest BCUT2D eigenvalue weighted by Gasteiger charge is 2.48. The van der Waals surface area contributed by atoms with Crippen LogP contribution < -0.4 is 16.2 Å². The number of benzene rings is 1. The van der Waals surface area contributed by atoms with Gasteiger partial charge < -0.3 is 34.8 Å². The number of urea groups is 1. The fourth-order valence-electron chi connectivity index (χ4n) is 6.87. The van der Waals surface area contributed by atoms with E-state index in [1.54, 1.807) is 17.9 Å². The van der Waals surface area contributed by atoms with E-state index in [-0.39, 0.29) is 90.1 Å². The maximum Gasteiger partial charge on any atom is 0.416 e. The molecule has 3 aromatic heterocycles. The summed E-state index contributed by atoms with van der Waals surface area (Å²) in [6.45, 7) is 1.94. The molecule has 1 spiro atoms. The molecule has 53 heavy (non-hydrogen) atoms. The number of nitrogens with zero attached hydrogens (tertiary/aromatic N) is 8. The van der Waals surface area contributed by atoms with Gasteiger partial charge in [-0.05, 0) is 50.0 Å². The molecule has 1 saturated heterocycles. The number of fused-ring (bicyclic) bond motifs is 3. The van der Waals surface area contributed by atoms with E-state index >= 15 is 0 Å². The number of hydrogen-bond acceptors (Lipinski definition) is 10. The van der Waals surface area contributed by atoms with Crippen LogP contribution in [0, 0.1) is 6.92 Å². The van der Waals surface area contributed by atoms with Gasteiger partial charge in [-0.15, -0.1) is 5.10 Å². The second kappa shape index (κ2) is 13.4. The van der Waals surface area contributed by atoms with Crippen molar-refractivity contribution in [3.05, 3.63) is 80.0 Å². The minimum Gasteiger partial charge on any atom is -0.504 e. The number of likely N-dealkylation sites (tertiary alicyclic amines) is 1. The van der Waals surface area contributed by atoms with Crippen LogP contribution >= 0.6 is 11.6 Å². The summed E-state index contributed by atoms with van der Waals surface area (Å²) in [7, 11) is 1.53. The Balaban J connectivity index is 1.24. The van der Waals surface area contributed by atoms with Crippen molar-refractivity contribution < 1.29 is 37.4 Å². The van der Waals surface area contributed by atoms with Gasteiger partial charge in [-0.3, -0.25) is 14.4 Å². The molecule has 3 aliphatic heterocycles. The van der Waals surface area contributed by atoms with Crippen molar-refractivity contribution >= 4 is 46.5 Å². The Hall–Kier alpha value is -5.56. The van der Waals surface area contributed by atoms with Crippen LogP contribution in [-0.2, 0) is 34.5 Å². The highest BCUT2D eigenvalue weighted by molar-refractivity contribution is 6.33. The number of aromatic nitrogens is 6. The number of ether oxygens (including phenoxy) is 1. The van der Waals surface area contributed by atoms with Crippen molar-refractivity contribution in [2.24, 2.45) is 0 Å². The molecule has 4 aromatic rings. The standard InChI is InChI=1S/C33H32ClF3N10O6/c1-17-26(49)25(40-16-39-17)29(51)44-11-7-32(8-12-44)24-22(15-53-32)46(14-23(48)41-21-4-3-19(13-20(21)34)33(35,36)37)30-42-27(43-47(30)28(24)50)18-5-9-45(10-6-18)31(52)38-2/h3-5,13,16,49H,6-12,14-15H2,1-2H3,(H,38,52)(H,41,48). The number of carbonyl (C=O) groups is 3. The van der Waals surface area contributed by atoms with Gasteiger partial charge >= 0.3 is 12.2 Å². The SMILES string of the molecule is CNC(=O)N1CC=C(c2nc3n(CC(=O)Nc4ccc(C(F)(F)F)cc4Cl)c4c(c(=O)n3n2)C2(CCN(C(=O)c3ncnc(C)c3O)CC2)OC4)CC1. The van der Waals surface area contributed by atoms with Crippen LogP contribution in [0.25, 0.3) is 11.4 Å². The summed E-state index contributed by atoms with van der Waals surface area (Å²) in [5, 5.41) is 19.8. The largest absolute Gasteiger partial charge is 0.504 e. The molecule has 0 aliphatic carbocycles. The van der Waals surface area contributed by atoms with Crippen molar-refractivity contribution in [2.75, 3.05) is 38.5 Å². The predicted molar refractivity (Wildman–Crippen MR) is 181 cm³/mol. The number of carbonyl (C=O) groups excluding carboxylic acids is 3. The zero-order valence-corrected chi connectivity index (χ0v) is 29.1. The molecule has 0 atom stereocenters. The monoisotopic (exact) mass is 756 g/mol. The minimum atomic E-state index is -4.63. The number of rotatable bonds is 5. The summed E-state index contributed by atoms with van der Waals surface area (Å²) in [6, 6.07) is 2.31. The smallest absolute Gasteiger partial charge is 0.416 e. The third-order valence-electron chi connectivity index (χ3n) is 9.73. The lowest BCUT2D eigenvalue weighted by atomic mass is 9.85. The third kappa shape index (κ3) is 6.43. The van der Waals surface area contributed by atoms with Crippen LogP contribution in [-0.4, -0.2) is 95.1 Å². The summed E-state index contributed by atoms with van der Waals surface area (Å²) in [4.78, 5) is 68.9. The number of halogens is 4. The first-order valence-corrected chi connectivity index (χ1v) is 16.9. The number of hydrogen-bond donors (Lipinski definition) is 3. The van der Waals surface area contributed by atoms with E-state index < -0.39 is 41.3 Å². The van der Waals surface area contributed by atoms with Crippen molar-refractivity contribution in [2.45, 2.75) is 51.1 Å². The number of aryl methyl sites for hydroxylation is 1. The van der Waals surface area contributed by atoms with Crippen LogP contribution in [0.1, 0.15) is 58.1 Å². The maximum absolute atomic E-state index is 14.3. The normalized spacial score (nSPS) is 16.8. The lowest BCUT2D eigenvalue weighted by Crippen LogP contribution is -2.47. The van der Waals surface area contributed by atoms with Gasteiger partial charge in [0, 0.05) is 33.2 Å². The number of aromatic hydroxyl groups is 1. The Kier molecular flexibility index (Phi) is 9.09. The van der Waals surface area contributed by atoms with Crippen LogP contribution in [0.15, 0.2) is 35.4 Å². The summed E-state index contributed by atoms with van der Waals surface area (Å²) < 4.78 is 48.6. The summed E-state index contributed by atoms with van der Waals surface area (Å²) >= 11 is 6.11. The zero-order valence-electron chi connectivity index (χ0n) is 28.3. The van der Waals surface area contributed by atoms with Gasteiger partial charge in [0.1, 0.15) is 18.5 Å². The Morgan fingerprint density at radius 2 is 1.87 bits per heavy atom. The van der Waals surface area contributed by atoms with Crippen LogP contribution in [0.4, 0.5) is 23.7 Å². The van der Waals surface area contributed by atoms with E-state index in [2.05, 4.69) is 30.7 Å². The van der Waals surface area contributed by atoms with Gasteiger partial charge in [-0.25, -0.2) is 14.8 Å². The molecule has 4 amide bonds. The van der Waals surface area contributed by atoms with Crippen LogP contribution in [0.3, 0.4) is 0 Å². The Labute approximate surface area is 303 Å². The van der Waals surface area contributed by atoms with Crippen molar-refractivity contribution in [3.8, 4) is 5.75 Å². The van der Waals surface area contributed by atoms with E-state index in [0.29, 0.717) is 30.3 Å². The highest BCUT2D eigenvalue weighted by atomic mass is 35.5. The Morgan fingerprint density at radius 3 is 2.53 bits per heavy atom. The molecule has 278 valence electrons. The van der Waals surface area contributed by atoms with E-state index in [0.717, 1.165) is 16.6 Å². The predicted octanol–water partition coefficient (Wildman–Crippen LogP) is 3.10. The molecule has 3 N–H and O–H groups in total. The Morgan fingerprint density at radius 1 is 1.11 bits per heavy atom. The zero-order chi connectivity index (χ0) is 37.8. The lowest BCUT2D eigenvalue weighted by molar-refractivity contribution is -0.137. The highest BCUT2D eigenvalue weighted by Crippen LogP contribution is 2.43. The molecule has 16 nitrogen and oxygen atoms in total. The molecular formula is C33H32ClF3N10O6. The van der Waals surface area contributed by atoms with Crippen molar-refractivity contribution in [1.29, 1.82) is 0 Å². The molecular weight excluding hydrogens is 725 g/mol. The number of nitrogens with one attached hydrogen (secondary N) is 2. The molecule has 1 aromatic carbocycles. The first-order chi connectivity index (χ1) is 25.2. The molecule has 1 fully saturated rings. The fourth-order valence-corrected chi connectivity index (χ4v) is 7.10. The number of alkyl halides is 3.